The summed E-state index contributed by atoms with van der Waals surface area (Å²) >= 11 is 0. The maximum Gasteiger partial charge on any atom is 0.332 e. The molecule has 2 rings (SSSR count). The zero-order valence-corrected chi connectivity index (χ0v) is 12.2. The van der Waals surface area contributed by atoms with Crippen LogP contribution in [-0.2, 0) is 20.7 Å². The van der Waals surface area contributed by atoms with Crippen molar-refractivity contribution in [1.29, 1.82) is 0 Å². The van der Waals surface area contributed by atoms with Gasteiger partial charge in [0.1, 0.15) is 18.5 Å². The van der Waals surface area contributed by atoms with Crippen LogP contribution in [0.15, 0.2) is 18.2 Å². The molecule has 0 aliphatic heterocycles. The third-order valence-corrected chi connectivity index (χ3v) is 3.83. The van der Waals surface area contributed by atoms with Crippen LogP contribution in [0.4, 0.5) is 4.39 Å². The molecule has 0 amide bonds. The number of methoxy groups -OCH3 is 1. The molecule has 0 heterocycles. The first-order valence-corrected chi connectivity index (χ1v) is 6.99. The van der Waals surface area contributed by atoms with E-state index in [1.165, 1.54) is 13.2 Å². The Labute approximate surface area is 119 Å². The lowest BCUT2D eigenvalue weighted by Crippen LogP contribution is -2.34. The molecule has 110 valence electrons. The molecule has 0 radical (unpaired) electrons. The standard InChI is InChI=1S/C16H21FO3/c1-10(2)16-13-6-5-12(17)8-11(13)4-7-14(16)20-15(18)9-19-3/h5-6,8,10,14,16H,4,7,9H2,1-3H3. The topological polar surface area (TPSA) is 35.5 Å². The Bertz CT molecular complexity index is 485. The summed E-state index contributed by atoms with van der Waals surface area (Å²) in [6.45, 7) is 4.16. The molecule has 1 aliphatic rings. The van der Waals surface area contributed by atoms with Crippen LogP contribution in [0.2, 0.25) is 0 Å². The maximum atomic E-state index is 13.3. The second kappa shape index (κ2) is 6.35. The second-order valence-electron chi connectivity index (χ2n) is 5.61. The summed E-state index contributed by atoms with van der Waals surface area (Å²) in [5, 5.41) is 0. The van der Waals surface area contributed by atoms with E-state index in [9.17, 15) is 9.18 Å². The Morgan fingerprint density at radius 1 is 1.45 bits per heavy atom. The van der Waals surface area contributed by atoms with Crippen LogP contribution in [0.5, 0.6) is 0 Å². The summed E-state index contributed by atoms with van der Waals surface area (Å²) < 4.78 is 23.7. The molecule has 3 nitrogen and oxygen atoms in total. The van der Waals surface area contributed by atoms with Crippen molar-refractivity contribution in [2.75, 3.05) is 13.7 Å². The predicted molar refractivity (Wildman–Crippen MR) is 74.1 cm³/mol. The molecule has 4 heteroatoms. The van der Waals surface area contributed by atoms with Gasteiger partial charge in [-0.25, -0.2) is 9.18 Å². The minimum Gasteiger partial charge on any atom is -0.460 e. The van der Waals surface area contributed by atoms with Gasteiger partial charge in [-0.05, 0) is 42.0 Å². The highest BCUT2D eigenvalue weighted by atomic mass is 19.1. The molecular formula is C16H21FO3. The van der Waals surface area contributed by atoms with Gasteiger partial charge in [-0.2, -0.15) is 0 Å². The Morgan fingerprint density at radius 2 is 2.20 bits per heavy atom. The Balaban J connectivity index is 2.24. The van der Waals surface area contributed by atoms with E-state index < -0.39 is 0 Å². The van der Waals surface area contributed by atoms with Crippen molar-refractivity contribution in [1.82, 2.24) is 0 Å². The van der Waals surface area contributed by atoms with Crippen molar-refractivity contribution >= 4 is 5.97 Å². The SMILES string of the molecule is COCC(=O)OC1CCc2cc(F)ccc2C1C(C)C. The van der Waals surface area contributed by atoms with Crippen molar-refractivity contribution in [3.63, 3.8) is 0 Å². The van der Waals surface area contributed by atoms with E-state index in [0.29, 0.717) is 5.92 Å². The van der Waals surface area contributed by atoms with Crippen LogP contribution in [0, 0.1) is 11.7 Å². The van der Waals surface area contributed by atoms with Crippen molar-refractivity contribution in [2.45, 2.75) is 38.7 Å². The fraction of sp³-hybridized carbons (Fsp3) is 0.562. The van der Waals surface area contributed by atoms with E-state index in [0.717, 1.165) is 24.0 Å². The number of esters is 1. The lowest BCUT2D eigenvalue weighted by Gasteiger charge is -2.35. The third-order valence-electron chi connectivity index (χ3n) is 3.83. The lowest BCUT2D eigenvalue weighted by atomic mass is 9.75. The molecule has 1 aromatic rings. The fourth-order valence-corrected chi connectivity index (χ4v) is 3.03. The Kier molecular flexibility index (Phi) is 4.76. The van der Waals surface area contributed by atoms with Crippen molar-refractivity contribution in [3.8, 4) is 0 Å². The van der Waals surface area contributed by atoms with Gasteiger partial charge in [0.15, 0.2) is 0 Å². The van der Waals surface area contributed by atoms with Gasteiger partial charge in [-0.15, -0.1) is 0 Å². The smallest absolute Gasteiger partial charge is 0.332 e. The number of ether oxygens (including phenoxy) is 2. The van der Waals surface area contributed by atoms with E-state index in [1.807, 2.05) is 6.07 Å². The molecule has 1 aromatic carbocycles. The van der Waals surface area contributed by atoms with Gasteiger partial charge >= 0.3 is 5.97 Å². The summed E-state index contributed by atoms with van der Waals surface area (Å²) in [6.07, 6.45) is 1.31. The number of carbonyl (C=O) groups is 1. The van der Waals surface area contributed by atoms with Crippen molar-refractivity contribution in [2.24, 2.45) is 5.92 Å². The van der Waals surface area contributed by atoms with Crippen LogP contribution < -0.4 is 0 Å². The summed E-state index contributed by atoms with van der Waals surface area (Å²) in [4.78, 5) is 11.6. The Hall–Kier alpha value is -1.42. The molecule has 2 atom stereocenters. The molecule has 0 fully saturated rings. The highest BCUT2D eigenvalue weighted by Crippen LogP contribution is 2.38. The summed E-state index contributed by atoms with van der Waals surface area (Å²) in [6, 6.07) is 4.90. The van der Waals surface area contributed by atoms with Crippen LogP contribution in [-0.4, -0.2) is 25.8 Å². The largest absolute Gasteiger partial charge is 0.460 e. The molecule has 1 aliphatic carbocycles. The number of benzene rings is 1. The highest BCUT2D eigenvalue weighted by Gasteiger charge is 2.34. The number of rotatable bonds is 4. The zero-order valence-electron chi connectivity index (χ0n) is 12.2. The van der Waals surface area contributed by atoms with Crippen molar-refractivity contribution < 1.29 is 18.7 Å². The van der Waals surface area contributed by atoms with Gasteiger partial charge in [0.2, 0.25) is 0 Å². The molecule has 0 bridgehead atoms. The second-order valence-corrected chi connectivity index (χ2v) is 5.61. The average Bonchev–Trinajstić information content (AvgIpc) is 2.38. The van der Waals surface area contributed by atoms with Gasteiger partial charge in [0.05, 0.1) is 0 Å². The first kappa shape index (κ1) is 15.0. The van der Waals surface area contributed by atoms with E-state index in [2.05, 4.69) is 13.8 Å². The molecular weight excluding hydrogens is 259 g/mol. The monoisotopic (exact) mass is 280 g/mol. The van der Waals surface area contributed by atoms with Crippen LogP contribution >= 0.6 is 0 Å². The van der Waals surface area contributed by atoms with Gasteiger partial charge in [0, 0.05) is 13.0 Å². The lowest BCUT2D eigenvalue weighted by molar-refractivity contribution is -0.155. The Morgan fingerprint density at radius 3 is 2.85 bits per heavy atom. The maximum absolute atomic E-state index is 13.3. The number of halogens is 1. The van der Waals surface area contributed by atoms with Gasteiger partial charge in [0.25, 0.3) is 0 Å². The quantitative estimate of drug-likeness (QED) is 0.795. The number of fused-ring (bicyclic) bond motifs is 1. The molecule has 0 saturated carbocycles. The first-order chi connectivity index (χ1) is 9.52. The predicted octanol–water partition coefficient (Wildman–Crippen LogP) is 3.07. The number of hydrogen-bond donors (Lipinski definition) is 0. The van der Waals surface area contributed by atoms with Gasteiger partial charge in [-0.1, -0.05) is 19.9 Å². The van der Waals surface area contributed by atoms with Crippen LogP contribution in [0.3, 0.4) is 0 Å². The summed E-state index contributed by atoms with van der Waals surface area (Å²) in [7, 11) is 1.47. The van der Waals surface area contributed by atoms with E-state index in [4.69, 9.17) is 9.47 Å². The summed E-state index contributed by atoms with van der Waals surface area (Å²) in [5.41, 5.74) is 2.13. The third kappa shape index (κ3) is 3.18. The molecule has 0 N–H and O–H groups in total. The van der Waals surface area contributed by atoms with Crippen LogP contribution in [0.25, 0.3) is 0 Å². The van der Waals surface area contributed by atoms with Gasteiger partial charge in [-0.3, -0.25) is 0 Å². The van der Waals surface area contributed by atoms with E-state index in [1.54, 1.807) is 6.07 Å². The molecule has 2 unspecified atom stereocenters. The fourth-order valence-electron chi connectivity index (χ4n) is 3.03. The number of hydrogen-bond acceptors (Lipinski definition) is 3. The number of aryl methyl sites for hydroxylation is 1. The molecule has 20 heavy (non-hydrogen) atoms. The van der Waals surface area contributed by atoms with Crippen molar-refractivity contribution in [3.05, 3.63) is 35.1 Å². The van der Waals surface area contributed by atoms with E-state index >= 15 is 0 Å². The molecule has 0 saturated heterocycles. The molecule has 0 aromatic heterocycles. The van der Waals surface area contributed by atoms with Crippen LogP contribution in [0.1, 0.15) is 37.3 Å². The summed E-state index contributed by atoms with van der Waals surface area (Å²) in [5.74, 6) is -0.116. The molecule has 0 spiro atoms. The average molecular weight is 280 g/mol. The minimum atomic E-state index is -0.339. The minimum absolute atomic E-state index is 0.0302. The van der Waals surface area contributed by atoms with Gasteiger partial charge < -0.3 is 9.47 Å². The zero-order chi connectivity index (χ0) is 14.7. The van der Waals surface area contributed by atoms with E-state index in [-0.39, 0.29) is 30.4 Å². The normalized spacial score (nSPS) is 21.6. The first-order valence-electron chi connectivity index (χ1n) is 6.99. The number of carbonyl (C=O) groups excluding carboxylic acids is 1. The highest BCUT2D eigenvalue weighted by molar-refractivity contribution is 5.71.